The highest BCUT2D eigenvalue weighted by molar-refractivity contribution is 5.84. The lowest BCUT2D eigenvalue weighted by Crippen LogP contribution is -2.32. The Kier molecular flexibility index (Phi) is 4.78. The first-order valence-electron chi connectivity index (χ1n) is 6.45. The molecular weight excluding hydrogens is 244 g/mol. The lowest BCUT2D eigenvalue weighted by molar-refractivity contribution is 0.0978. The number of carbonyl (C=O) groups is 1. The molecule has 1 aliphatic rings. The first-order valence-corrected chi connectivity index (χ1v) is 6.45. The van der Waals surface area contributed by atoms with Crippen molar-refractivity contribution in [3.63, 3.8) is 0 Å². The van der Waals surface area contributed by atoms with Gasteiger partial charge in [-0.05, 0) is 18.4 Å². The molecule has 1 heterocycles. The Bertz CT molecular complexity index is 445. The summed E-state index contributed by atoms with van der Waals surface area (Å²) in [5, 5.41) is 12.0. The Morgan fingerprint density at radius 3 is 2.79 bits per heavy atom. The minimum absolute atomic E-state index is 0.289. The second-order valence-electron chi connectivity index (χ2n) is 4.55. The van der Waals surface area contributed by atoms with E-state index in [1.165, 1.54) is 0 Å². The molecular formula is C14H18N2O3. The summed E-state index contributed by atoms with van der Waals surface area (Å²) >= 11 is 0. The molecule has 1 aromatic carbocycles. The van der Waals surface area contributed by atoms with Crippen molar-refractivity contribution < 1.29 is 14.7 Å². The third-order valence-electron chi connectivity index (χ3n) is 3.17. The van der Waals surface area contributed by atoms with Crippen LogP contribution < -0.4 is 0 Å². The van der Waals surface area contributed by atoms with Gasteiger partial charge < -0.3 is 14.8 Å². The normalized spacial score (nSPS) is 18.1. The van der Waals surface area contributed by atoms with Crippen molar-refractivity contribution >= 4 is 11.8 Å². The van der Waals surface area contributed by atoms with E-state index in [-0.39, 0.29) is 12.7 Å². The number of hydrogen-bond donors (Lipinski definition) is 1. The highest BCUT2D eigenvalue weighted by atomic mass is 16.6. The van der Waals surface area contributed by atoms with E-state index in [0.717, 1.165) is 24.1 Å². The maximum absolute atomic E-state index is 11.9. The van der Waals surface area contributed by atoms with Gasteiger partial charge in [0.2, 0.25) is 0 Å². The summed E-state index contributed by atoms with van der Waals surface area (Å²) in [6.07, 6.45) is 1.85. The number of nitrogens with zero attached hydrogens (tertiary/aromatic N) is 2. The van der Waals surface area contributed by atoms with Crippen molar-refractivity contribution in [2.75, 3.05) is 13.1 Å². The summed E-state index contributed by atoms with van der Waals surface area (Å²) in [6, 6.07) is 9.60. The predicted molar refractivity (Wildman–Crippen MR) is 71.3 cm³/mol. The van der Waals surface area contributed by atoms with Crippen molar-refractivity contribution in [1.82, 2.24) is 4.90 Å². The molecule has 0 unspecified atom stereocenters. The molecule has 0 spiro atoms. The fourth-order valence-corrected chi connectivity index (χ4v) is 2.07. The molecule has 1 saturated heterocycles. The van der Waals surface area contributed by atoms with Gasteiger partial charge in [0.15, 0.2) is 0 Å². The fraction of sp³-hybridized carbons (Fsp3) is 0.429. The van der Waals surface area contributed by atoms with Crippen LogP contribution in [0.4, 0.5) is 4.79 Å². The number of oxime groups is 1. The van der Waals surface area contributed by atoms with Gasteiger partial charge in [-0.2, -0.15) is 0 Å². The van der Waals surface area contributed by atoms with Gasteiger partial charge in [0.1, 0.15) is 6.61 Å². The van der Waals surface area contributed by atoms with Crippen LogP contribution in [0.3, 0.4) is 0 Å². The lowest BCUT2D eigenvalue weighted by atomic mass is 10.2. The molecule has 5 heteroatoms. The predicted octanol–water partition coefficient (Wildman–Crippen LogP) is 2.64. The van der Waals surface area contributed by atoms with E-state index < -0.39 is 0 Å². The molecule has 19 heavy (non-hydrogen) atoms. The first kappa shape index (κ1) is 13.4. The summed E-state index contributed by atoms with van der Waals surface area (Å²) in [6.45, 7) is 1.48. The highest BCUT2D eigenvalue weighted by Gasteiger charge is 2.19. The van der Waals surface area contributed by atoms with E-state index in [9.17, 15) is 4.79 Å². The van der Waals surface area contributed by atoms with E-state index in [0.29, 0.717) is 19.5 Å². The van der Waals surface area contributed by atoms with Crippen LogP contribution in [0.25, 0.3) is 0 Å². The van der Waals surface area contributed by atoms with Gasteiger partial charge in [0.05, 0.1) is 5.71 Å². The maximum Gasteiger partial charge on any atom is 0.410 e. The molecule has 0 saturated carbocycles. The molecule has 102 valence electrons. The summed E-state index contributed by atoms with van der Waals surface area (Å²) < 4.78 is 5.28. The third kappa shape index (κ3) is 3.98. The van der Waals surface area contributed by atoms with E-state index in [4.69, 9.17) is 9.94 Å². The molecule has 0 atom stereocenters. The van der Waals surface area contributed by atoms with E-state index in [2.05, 4.69) is 5.16 Å². The Morgan fingerprint density at radius 1 is 1.26 bits per heavy atom. The SMILES string of the molecule is O=C(OCc1ccccc1)N1CCC/C(=N\O)CC1. The second-order valence-corrected chi connectivity index (χ2v) is 4.55. The van der Waals surface area contributed by atoms with Gasteiger partial charge in [-0.15, -0.1) is 0 Å². The Balaban J connectivity index is 1.83. The third-order valence-corrected chi connectivity index (χ3v) is 3.17. The minimum Gasteiger partial charge on any atom is -0.445 e. The average molecular weight is 262 g/mol. The summed E-state index contributed by atoms with van der Waals surface area (Å²) in [5.41, 5.74) is 1.72. The smallest absolute Gasteiger partial charge is 0.410 e. The average Bonchev–Trinajstić information content (AvgIpc) is 2.71. The van der Waals surface area contributed by atoms with E-state index in [1.807, 2.05) is 30.3 Å². The zero-order valence-corrected chi connectivity index (χ0v) is 10.8. The van der Waals surface area contributed by atoms with Crippen molar-refractivity contribution in [3.8, 4) is 0 Å². The van der Waals surface area contributed by atoms with Crippen LogP contribution in [0.5, 0.6) is 0 Å². The number of hydrogen-bond acceptors (Lipinski definition) is 4. The number of rotatable bonds is 2. The molecule has 0 bridgehead atoms. The molecule has 0 aromatic heterocycles. The number of carbonyl (C=O) groups excluding carboxylic acids is 1. The summed E-state index contributed by atoms with van der Waals surface area (Å²) in [7, 11) is 0. The van der Waals surface area contributed by atoms with Gasteiger partial charge in [-0.1, -0.05) is 35.5 Å². The molecule has 1 amide bonds. The summed E-state index contributed by atoms with van der Waals surface area (Å²) in [4.78, 5) is 13.6. The first-order chi connectivity index (χ1) is 9.29. The summed E-state index contributed by atoms with van der Waals surface area (Å²) in [5.74, 6) is 0. The largest absolute Gasteiger partial charge is 0.445 e. The number of likely N-dealkylation sites (tertiary alicyclic amines) is 1. The minimum atomic E-state index is -0.303. The van der Waals surface area contributed by atoms with Crippen molar-refractivity contribution in [2.24, 2.45) is 5.16 Å². The number of ether oxygens (including phenoxy) is 1. The molecule has 5 nitrogen and oxygen atoms in total. The van der Waals surface area contributed by atoms with Crippen LogP contribution in [-0.2, 0) is 11.3 Å². The van der Waals surface area contributed by atoms with Crippen LogP contribution in [0, 0.1) is 0 Å². The quantitative estimate of drug-likeness (QED) is 0.658. The van der Waals surface area contributed by atoms with Crippen LogP contribution in [0.1, 0.15) is 24.8 Å². The molecule has 2 rings (SSSR count). The maximum atomic E-state index is 11.9. The van der Waals surface area contributed by atoms with Gasteiger partial charge in [0.25, 0.3) is 0 Å². The second kappa shape index (κ2) is 6.78. The topological polar surface area (TPSA) is 62.1 Å². The van der Waals surface area contributed by atoms with Crippen molar-refractivity contribution in [1.29, 1.82) is 0 Å². The van der Waals surface area contributed by atoms with Crippen LogP contribution in [0.2, 0.25) is 0 Å². The fourth-order valence-electron chi connectivity index (χ4n) is 2.07. The van der Waals surface area contributed by atoms with Gasteiger partial charge in [-0.3, -0.25) is 0 Å². The Morgan fingerprint density at radius 2 is 2.05 bits per heavy atom. The Hall–Kier alpha value is -2.04. The van der Waals surface area contributed by atoms with Gasteiger partial charge in [0, 0.05) is 19.5 Å². The lowest BCUT2D eigenvalue weighted by Gasteiger charge is -2.19. The van der Waals surface area contributed by atoms with Crippen LogP contribution >= 0.6 is 0 Å². The van der Waals surface area contributed by atoms with Crippen LogP contribution in [0.15, 0.2) is 35.5 Å². The van der Waals surface area contributed by atoms with E-state index >= 15 is 0 Å². The van der Waals surface area contributed by atoms with Crippen molar-refractivity contribution in [3.05, 3.63) is 35.9 Å². The molecule has 1 fully saturated rings. The highest BCUT2D eigenvalue weighted by Crippen LogP contribution is 2.10. The zero-order valence-electron chi connectivity index (χ0n) is 10.8. The molecule has 1 N–H and O–H groups in total. The van der Waals surface area contributed by atoms with Gasteiger partial charge >= 0.3 is 6.09 Å². The van der Waals surface area contributed by atoms with Crippen molar-refractivity contribution in [2.45, 2.75) is 25.9 Å². The number of amides is 1. The molecule has 0 radical (unpaired) electrons. The monoisotopic (exact) mass is 262 g/mol. The van der Waals surface area contributed by atoms with Crippen LogP contribution in [-0.4, -0.2) is 35.0 Å². The molecule has 0 aliphatic carbocycles. The number of benzene rings is 1. The van der Waals surface area contributed by atoms with Gasteiger partial charge in [-0.25, -0.2) is 4.79 Å². The molecule has 1 aliphatic heterocycles. The van der Waals surface area contributed by atoms with E-state index in [1.54, 1.807) is 4.90 Å². The standard InChI is InChI=1S/C14H18N2O3/c17-14(19-11-12-5-2-1-3-6-12)16-9-4-7-13(15-18)8-10-16/h1-3,5-6,18H,4,7-11H2/b15-13+. The Labute approximate surface area is 112 Å². The zero-order chi connectivity index (χ0) is 13.5. The molecule has 1 aromatic rings.